The predicted octanol–water partition coefficient (Wildman–Crippen LogP) is 11.2. The molecule has 5 heteroatoms. The Morgan fingerprint density at radius 1 is 0.408 bits per heavy atom. The molecule has 0 aliphatic rings. The summed E-state index contributed by atoms with van der Waals surface area (Å²) in [4.78, 5) is 19.4. The minimum absolute atomic E-state index is 0.792. The standard InChI is InChI=1S/C44H28N4O/c1-3-13-30(14-4-1)40-41-42(48-35-18-8-7-17-34(35)44(41)49-43(40)32-15-5-2-6-16-32)31-23-21-29(22-24-31)33-27-38(36-19-9-11-25-45-36)47-39(28-33)37-20-10-12-26-46-37/h1-28H. The maximum absolute atomic E-state index is 6.86. The molecule has 0 spiro atoms. The van der Waals surface area contributed by atoms with Crippen LogP contribution in [-0.4, -0.2) is 19.9 Å². The predicted molar refractivity (Wildman–Crippen MR) is 198 cm³/mol. The van der Waals surface area contributed by atoms with E-state index in [4.69, 9.17) is 14.4 Å². The van der Waals surface area contributed by atoms with Crippen molar-refractivity contribution in [3.63, 3.8) is 0 Å². The van der Waals surface area contributed by atoms with E-state index in [0.29, 0.717) is 0 Å². The van der Waals surface area contributed by atoms with Crippen molar-refractivity contribution in [3.8, 4) is 67.6 Å². The van der Waals surface area contributed by atoms with Crippen molar-refractivity contribution in [3.05, 3.63) is 170 Å². The Kier molecular flexibility index (Phi) is 7.06. The molecular formula is C44H28N4O. The number of aromatic nitrogens is 4. The van der Waals surface area contributed by atoms with Crippen molar-refractivity contribution < 1.29 is 4.42 Å². The van der Waals surface area contributed by atoms with Crippen LogP contribution in [-0.2, 0) is 0 Å². The van der Waals surface area contributed by atoms with Gasteiger partial charge in [-0.3, -0.25) is 9.97 Å². The number of para-hydroxylation sites is 1. The van der Waals surface area contributed by atoms with E-state index >= 15 is 0 Å². The zero-order chi connectivity index (χ0) is 32.6. The smallest absolute Gasteiger partial charge is 0.147 e. The molecule has 0 aliphatic heterocycles. The average molecular weight is 629 g/mol. The van der Waals surface area contributed by atoms with Crippen LogP contribution in [0.3, 0.4) is 0 Å². The average Bonchev–Trinajstić information content (AvgIpc) is 3.60. The highest BCUT2D eigenvalue weighted by molar-refractivity contribution is 6.16. The lowest BCUT2D eigenvalue weighted by atomic mass is 9.94. The molecule has 0 N–H and O–H groups in total. The summed E-state index contributed by atoms with van der Waals surface area (Å²) in [5, 5.41) is 1.98. The minimum Gasteiger partial charge on any atom is -0.455 e. The molecule has 230 valence electrons. The third-order valence-electron chi connectivity index (χ3n) is 8.80. The topological polar surface area (TPSA) is 64.7 Å². The van der Waals surface area contributed by atoms with Crippen LogP contribution < -0.4 is 0 Å². The van der Waals surface area contributed by atoms with Crippen LogP contribution in [0.5, 0.6) is 0 Å². The molecule has 9 rings (SSSR count). The van der Waals surface area contributed by atoms with E-state index in [1.807, 2.05) is 72.8 Å². The first-order valence-corrected chi connectivity index (χ1v) is 16.2. The number of pyridine rings is 4. The summed E-state index contributed by atoms with van der Waals surface area (Å²) in [6, 6.07) is 53.5. The van der Waals surface area contributed by atoms with Crippen molar-refractivity contribution in [2.75, 3.05) is 0 Å². The van der Waals surface area contributed by atoms with Crippen LogP contribution in [0.4, 0.5) is 0 Å². The Labute approximate surface area is 283 Å². The highest BCUT2D eigenvalue weighted by atomic mass is 16.3. The van der Waals surface area contributed by atoms with Gasteiger partial charge in [-0.2, -0.15) is 0 Å². The second-order valence-corrected chi connectivity index (χ2v) is 11.9. The van der Waals surface area contributed by atoms with Crippen LogP contribution in [0.15, 0.2) is 175 Å². The van der Waals surface area contributed by atoms with E-state index in [1.54, 1.807) is 12.4 Å². The molecule has 4 aromatic carbocycles. The number of rotatable bonds is 6. The van der Waals surface area contributed by atoms with Gasteiger partial charge in [-0.05, 0) is 65.2 Å². The molecule has 9 aromatic rings. The van der Waals surface area contributed by atoms with Crippen molar-refractivity contribution in [1.82, 2.24) is 19.9 Å². The SMILES string of the molecule is c1ccc(-c2oc3c(c(-c4ccc(-c5cc(-c6ccccn6)nc(-c6ccccn6)c5)cc4)nc4ccccc43)c2-c2ccccc2)cc1. The van der Waals surface area contributed by atoms with Gasteiger partial charge in [-0.25, -0.2) is 9.97 Å². The molecule has 5 aromatic heterocycles. The zero-order valence-electron chi connectivity index (χ0n) is 26.4. The van der Waals surface area contributed by atoms with Gasteiger partial charge in [0, 0.05) is 34.5 Å². The fraction of sp³-hybridized carbons (Fsp3) is 0. The molecule has 0 aliphatic carbocycles. The summed E-state index contributed by atoms with van der Waals surface area (Å²) < 4.78 is 6.86. The minimum atomic E-state index is 0.792. The number of nitrogens with zero attached hydrogens (tertiary/aromatic N) is 4. The van der Waals surface area contributed by atoms with Crippen LogP contribution in [0.2, 0.25) is 0 Å². The molecule has 0 amide bonds. The first-order valence-electron chi connectivity index (χ1n) is 16.2. The van der Waals surface area contributed by atoms with Crippen LogP contribution in [0, 0.1) is 0 Å². The van der Waals surface area contributed by atoms with Crippen molar-refractivity contribution in [2.24, 2.45) is 0 Å². The van der Waals surface area contributed by atoms with Gasteiger partial charge in [0.2, 0.25) is 0 Å². The van der Waals surface area contributed by atoms with Gasteiger partial charge in [-0.1, -0.05) is 109 Å². The molecule has 0 bridgehead atoms. The fourth-order valence-corrected chi connectivity index (χ4v) is 6.48. The Morgan fingerprint density at radius 3 is 1.61 bits per heavy atom. The van der Waals surface area contributed by atoms with Gasteiger partial charge >= 0.3 is 0 Å². The third kappa shape index (κ3) is 5.24. The molecule has 0 unspecified atom stereocenters. The van der Waals surface area contributed by atoms with E-state index in [9.17, 15) is 0 Å². The Bertz CT molecular complexity index is 2510. The van der Waals surface area contributed by atoms with E-state index in [-0.39, 0.29) is 0 Å². The summed E-state index contributed by atoms with van der Waals surface area (Å²) in [5.74, 6) is 0.832. The fourth-order valence-electron chi connectivity index (χ4n) is 6.48. The molecule has 49 heavy (non-hydrogen) atoms. The number of benzene rings is 4. The van der Waals surface area contributed by atoms with Crippen molar-refractivity contribution >= 4 is 21.9 Å². The van der Waals surface area contributed by atoms with Crippen molar-refractivity contribution in [1.29, 1.82) is 0 Å². The lowest BCUT2D eigenvalue weighted by Crippen LogP contribution is -1.94. The van der Waals surface area contributed by atoms with Crippen LogP contribution in [0.25, 0.3) is 89.5 Å². The Morgan fingerprint density at radius 2 is 0.980 bits per heavy atom. The monoisotopic (exact) mass is 628 g/mol. The van der Waals surface area contributed by atoms with Crippen molar-refractivity contribution in [2.45, 2.75) is 0 Å². The van der Waals surface area contributed by atoms with E-state index in [1.165, 1.54) is 0 Å². The molecule has 5 heterocycles. The van der Waals surface area contributed by atoms with Gasteiger partial charge in [-0.15, -0.1) is 0 Å². The number of fused-ring (bicyclic) bond motifs is 3. The Hall–Kier alpha value is -6.72. The lowest BCUT2D eigenvalue weighted by molar-refractivity contribution is 0.636. The molecular weight excluding hydrogens is 601 g/mol. The first kappa shape index (κ1) is 28.5. The number of hydrogen-bond acceptors (Lipinski definition) is 5. The van der Waals surface area contributed by atoms with Crippen LogP contribution in [0.1, 0.15) is 0 Å². The quantitative estimate of drug-likeness (QED) is 0.183. The summed E-state index contributed by atoms with van der Waals surface area (Å²) in [5.41, 5.74) is 12.0. The molecule has 0 atom stereocenters. The van der Waals surface area contributed by atoms with E-state index in [2.05, 4.69) is 94.9 Å². The van der Waals surface area contributed by atoms with E-state index < -0.39 is 0 Å². The third-order valence-corrected chi connectivity index (χ3v) is 8.80. The van der Waals surface area contributed by atoms with Gasteiger partial charge < -0.3 is 4.42 Å². The lowest BCUT2D eigenvalue weighted by Gasteiger charge is -2.11. The molecule has 0 saturated carbocycles. The van der Waals surface area contributed by atoms with Gasteiger partial charge in [0.25, 0.3) is 0 Å². The second-order valence-electron chi connectivity index (χ2n) is 11.9. The first-order chi connectivity index (χ1) is 24.3. The summed E-state index contributed by atoms with van der Waals surface area (Å²) >= 11 is 0. The zero-order valence-corrected chi connectivity index (χ0v) is 26.4. The van der Waals surface area contributed by atoms with Crippen LogP contribution >= 0.6 is 0 Å². The molecule has 0 radical (unpaired) electrons. The molecule has 0 saturated heterocycles. The van der Waals surface area contributed by atoms with Gasteiger partial charge in [0.15, 0.2) is 0 Å². The second kappa shape index (κ2) is 12.1. The maximum atomic E-state index is 6.86. The van der Waals surface area contributed by atoms with E-state index in [0.717, 1.165) is 89.5 Å². The summed E-state index contributed by atoms with van der Waals surface area (Å²) in [6.07, 6.45) is 3.58. The maximum Gasteiger partial charge on any atom is 0.147 e. The molecule has 5 nitrogen and oxygen atoms in total. The highest BCUT2D eigenvalue weighted by Gasteiger charge is 2.24. The number of hydrogen-bond donors (Lipinski definition) is 0. The molecule has 0 fully saturated rings. The van der Waals surface area contributed by atoms with Gasteiger partial charge in [0.1, 0.15) is 11.3 Å². The Balaban J connectivity index is 1.24. The normalized spacial score (nSPS) is 11.3. The largest absolute Gasteiger partial charge is 0.455 e. The summed E-state index contributed by atoms with van der Waals surface area (Å²) in [6.45, 7) is 0. The van der Waals surface area contributed by atoms with Gasteiger partial charge in [0.05, 0.1) is 39.4 Å². The highest BCUT2D eigenvalue weighted by Crippen LogP contribution is 2.46. The summed E-state index contributed by atoms with van der Waals surface area (Å²) in [7, 11) is 0. The number of furan rings is 1.